The lowest BCUT2D eigenvalue weighted by molar-refractivity contribution is -0.147. The van der Waals surface area contributed by atoms with Gasteiger partial charge in [-0.3, -0.25) is 14.4 Å². The zero-order chi connectivity index (χ0) is 34.1. The molecule has 0 aromatic rings. The van der Waals surface area contributed by atoms with E-state index in [1.165, 1.54) is 0 Å². The molecule has 0 radical (unpaired) electrons. The van der Waals surface area contributed by atoms with Crippen LogP contribution < -0.4 is 10.6 Å². The molecule has 0 aromatic carbocycles. The van der Waals surface area contributed by atoms with Gasteiger partial charge in [0.25, 0.3) is 0 Å². The summed E-state index contributed by atoms with van der Waals surface area (Å²) in [6.45, 7) is 3.20. The van der Waals surface area contributed by atoms with Gasteiger partial charge < -0.3 is 25.6 Å². The summed E-state index contributed by atoms with van der Waals surface area (Å²) < 4.78 is 5.80. The average molecular weight is 645 g/mol. The van der Waals surface area contributed by atoms with E-state index in [0.29, 0.717) is 12.8 Å². The fourth-order valence-electron chi connectivity index (χ4n) is 4.33. The summed E-state index contributed by atoms with van der Waals surface area (Å²) in [5, 5.41) is 22.4. The summed E-state index contributed by atoms with van der Waals surface area (Å²) in [4.78, 5) is 47.2. The highest BCUT2D eigenvalue weighted by Gasteiger charge is 2.18. The van der Waals surface area contributed by atoms with Crippen LogP contribution in [0.3, 0.4) is 0 Å². The van der Waals surface area contributed by atoms with E-state index in [-0.39, 0.29) is 30.9 Å². The second-order valence-corrected chi connectivity index (χ2v) is 11.2. The lowest BCUT2D eigenvalue weighted by atomic mass is 10.1. The van der Waals surface area contributed by atoms with E-state index in [1.54, 1.807) is 0 Å². The smallest absolute Gasteiger partial charge is 0.328 e. The van der Waals surface area contributed by atoms with Crippen LogP contribution in [-0.4, -0.2) is 59.3 Å². The number of aliphatic carboxylic acids is 1. The SMILES string of the molecule is CC/C=C\C/C=C\C/C=C\CCCCCC(=O)OC(/C=C\C/C=C\CCC)CCCCCCC(=O)NCC(=O)NC(CO)C(=O)O. The number of ether oxygens (including phenoxy) is 1. The molecule has 0 saturated carbocycles. The van der Waals surface area contributed by atoms with Gasteiger partial charge in [0.15, 0.2) is 0 Å². The molecule has 2 unspecified atom stereocenters. The monoisotopic (exact) mass is 644 g/mol. The lowest BCUT2D eigenvalue weighted by Gasteiger charge is -2.15. The number of amides is 2. The molecule has 0 aliphatic heterocycles. The molecule has 260 valence electrons. The van der Waals surface area contributed by atoms with Gasteiger partial charge in [0, 0.05) is 12.8 Å². The number of carbonyl (C=O) groups excluding carboxylic acids is 3. The van der Waals surface area contributed by atoms with Gasteiger partial charge in [-0.2, -0.15) is 0 Å². The number of esters is 1. The predicted molar refractivity (Wildman–Crippen MR) is 185 cm³/mol. The largest absolute Gasteiger partial charge is 0.480 e. The van der Waals surface area contributed by atoms with E-state index >= 15 is 0 Å². The Morgan fingerprint density at radius 3 is 1.98 bits per heavy atom. The Hall–Kier alpha value is -3.46. The normalized spacial score (nSPS) is 13.3. The van der Waals surface area contributed by atoms with Crippen LogP contribution in [0.15, 0.2) is 60.8 Å². The summed E-state index contributed by atoms with van der Waals surface area (Å²) in [6.07, 6.45) is 35.6. The average Bonchev–Trinajstić information content (AvgIpc) is 3.03. The van der Waals surface area contributed by atoms with E-state index in [0.717, 1.165) is 89.9 Å². The number of rotatable bonds is 29. The molecule has 4 N–H and O–H groups in total. The van der Waals surface area contributed by atoms with Crippen LogP contribution in [0.2, 0.25) is 0 Å². The third-order valence-corrected chi connectivity index (χ3v) is 6.96. The molecule has 0 rings (SSSR count). The molecule has 0 aromatic heterocycles. The number of allylic oxidation sites excluding steroid dienone is 9. The molecule has 0 spiro atoms. The Kier molecular flexibility index (Phi) is 29.1. The Labute approximate surface area is 277 Å². The molecule has 0 aliphatic carbocycles. The summed E-state index contributed by atoms with van der Waals surface area (Å²) >= 11 is 0. The number of carboxylic acids is 1. The van der Waals surface area contributed by atoms with Crippen LogP contribution in [0, 0.1) is 0 Å². The van der Waals surface area contributed by atoms with Crippen LogP contribution >= 0.6 is 0 Å². The number of carboxylic acid groups (broad SMARTS) is 1. The third-order valence-electron chi connectivity index (χ3n) is 6.96. The molecule has 0 heterocycles. The molecule has 2 amide bonds. The first-order valence-electron chi connectivity index (χ1n) is 17.2. The standard InChI is InChI=1S/C37H60N2O7/c1-3-5-7-9-11-12-13-14-15-16-17-19-25-29-36(43)46-32(26-22-18-10-8-6-4-2)27-23-20-21-24-28-34(41)38-30-35(42)39-33(31-40)37(44)45/h5,7-8,10-12,14-15,22,26,32-33,40H,3-4,6,9,13,16-21,23-25,27-31H2,1-2H3,(H,38,41)(H,39,42)(H,44,45)/b7-5-,10-8-,12-11-,15-14-,26-22-. The molecule has 9 nitrogen and oxygen atoms in total. The minimum Gasteiger partial charge on any atom is -0.480 e. The molecule has 0 saturated heterocycles. The number of aliphatic hydroxyl groups is 1. The highest BCUT2D eigenvalue weighted by molar-refractivity contribution is 5.87. The number of hydrogen-bond donors (Lipinski definition) is 4. The van der Waals surface area contributed by atoms with Gasteiger partial charge in [-0.25, -0.2) is 4.79 Å². The fraction of sp³-hybridized carbons (Fsp3) is 0.622. The van der Waals surface area contributed by atoms with Gasteiger partial charge in [-0.15, -0.1) is 0 Å². The highest BCUT2D eigenvalue weighted by Crippen LogP contribution is 2.14. The van der Waals surface area contributed by atoms with Crippen LogP contribution in [0.4, 0.5) is 0 Å². The minimum absolute atomic E-state index is 0.164. The molecular weight excluding hydrogens is 584 g/mol. The fourth-order valence-corrected chi connectivity index (χ4v) is 4.33. The van der Waals surface area contributed by atoms with Crippen molar-refractivity contribution in [3.05, 3.63) is 60.8 Å². The predicted octanol–water partition coefficient (Wildman–Crippen LogP) is 7.03. The van der Waals surface area contributed by atoms with E-state index < -0.39 is 24.5 Å². The maximum Gasteiger partial charge on any atom is 0.328 e. The minimum atomic E-state index is -1.39. The van der Waals surface area contributed by atoms with Crippen molar-refractivity contribution in [1.29, 1.82) is 0 Å². The first-order valence-corrected chi connectivity index (χ1v) is 17.2. The number of aliphatic hydroxyl groups excluding tert-OH is 1. The summed E-state index contributed by atoms with van der Waals surface area (Å²) in [6, 6.07) is -1.39. The van der Waals surface area contributed by atoms with Gasteiger partial charge >= 0.3 is 11.9 Å². The Morgan fingerprint density at radius 2 is 1.30 bits per heavy atom. The van der Waals surface area contributed by atoms with Crippen molar-refractivity contribution in [2.75, 3.05) is 13.2 Å². The van der Waals surface area contributed by atoms with Crippen LogP contribution in [-0.2, 0) is 23.9 Å². The first-order chi connectivity index (χ1) is 22.3. The van der Waals surface area contributed by atoms with Gasteiger partial charge in [-0.05, 0) is 76.7 Å². The number of nitrogens with one attached hydrogen (secondary N) is 2. The van der Waals surface area contributed by atoms with Crippen molar-refractivity contribution < 1.29 is 34.1 Å². The van der Waals surface area contributed by atoms with Crippen LogP contribution in [0.1, 0.15) is 123 Å². The lowest BCUT2D eigenvalue weighted by Crippen LogP contribution is -2.47. The molecule has 0 aliphatic rings. The van der Waals surface area contributed by atoms with Crippen molar-refractivity contribution in [2.45, 2.75) is 135 Å². The quantitative estimate of drug-likeness (QED) is 0.0389. The van der Waals surface area contributed by atoms with Crippen molar-refractivity contribution in [1.82, 2.24) is 10.6 Å². The Balaban J connectivity index is 4.34. The molecule has 0 fully saturated rings. The summed E-state index contributed by atoms with van der Waals surface area (Å²) in [5.74, 6) is -2.48. The number of hydrogen-bond acceptors (Lipinski definition) is 6. The maximum absolute atomic E-state index is 12.5. The van der Waals surface area contributed by atoms with E-state index in [4.69, 9.17) is 14.9 Å². The van der Waals surface area contributed by atoms with Crippen LogP contribution in [0.25, 0.3) is 0 Å². The van der Waals surface area contributed by atoms with E-state index in [1.807, 2.05) is 12.2 Å². The highest BCUT2D eigenvalue weighted by atomic mass is 16.5. The Morgan fingerprint density at radius 1 is 0.696 bits per heavy atom. The van der Waals surface area contributed by atoms with Gasteiger partial charge in [0.2, 0.25) is 11.8 Å². The number of carbonyl (C=O) groups is 4. The topological polar surface area (TPSA) is 142 Å². The third kappa shape index (κ3) is 28.0. The summed E-state index contributed by atoms with van der Waals surface area (Å²) in [5.41, 5.74) is 0. The second kappa shape index (κ2) is 31.5. The van der Waals surface area contributed by atoms with Crippen molar-refractivity contribution in [3.63, 3.8) is 0 Å². The zero-order valence-corrected chi connectivity index (χ0v) is 28.3. The molecular formula is C37H60N2O7. The van der Waals surface area contributed by atoms with E-state index in [9.17, 15) is 19.2 Å². The summed E-state index contributed by atoms with van der Waals surface area (Å²) in [7, 11) is 0. The molecule has 9 heteroatoms. The first kappa shape index (κ1) is 42.5. The number of unbranched alkanes of at least 4 members (excludes halogenated alkanes) is 7. The van der Waals surface area contributed by atoms with Crippen LogP contribution in [0.5, 0.6) is 0 Å². The molecule has 0 bridgehead atoms. The van der Waals surface area contributed by atoms with Crippen molar-refractivity contribution in [3.8, 4) is 0 Å². The van der Waals surface area contributed by atoms with Gasteiger partial charge in [0.1, 0.15) is 12.1 Å². The second-order valence-electron chi connectivity index (χ2n) is 11.2. The zero-order valence-electron chi connectivity index (χ0n) is 28.3. The molecule has 46 heavy (non-hydrogen) atoms. The maximum atomic E-state index is 12.5. The molecule has 2 atom stereocenters. The van der Waals surface area contributed by atoms with Crippen molar-refractivity contribution >= 4 is 23.8 Å². The van der Waals surface area contributed by atoms with Gasteiger partial charge in [0.05, 0.1) is 13.2 Å². The van der Waals surface area contributed by atoms with Crippen molar-refractivity contribution in [2.24, 2.45) is 0 Å². The Bertz CT molecular complexity index is 969. The van der Waals surface area contributed by atoms with E-state index in [2.05, 4.69) is 73.1 Å². The van der Waals surface area contributed by atoms with Gasteiger partial charge in [-0.1, -0.05) is 94.2 Å².